The number of carbonyl (C=O) groups is 1. The monoisotopic (exact) mass is 254 g/mol. The van der Waals surface area contributed by atoms with E-state index in [1.807, 2.05) is 11.9 Å². The number of hydrogen-bond donors (Lipinski definition) is 1. The highest BCUT2D eigenvalue weighted by molar-refractivity contribution is 5.78. The Kier molecular flexibility index (Phi) is 4.62. The van der Waals surface area contributed by atoms with Crippen LogP contribution in [0.4, 0.5) is 0 Å². The van der Waals surface area contributed by atoms with Gasteiger partial charge in [0.2, 0.25) is 5.91 Å². The van der Waals surface area contributed by atoms with E-state index in [1.165, 1.54) is 12.8 Å². The molecule has 2 fully saturated rings. The number of hydrogen-bond acceptors (Lipinski definition) is 3. The third-order valence-corrected chi connectivity index (χ3v) is 4.53. The maximum Gasteiger partial charge on any atom is 0.236 e. The van der Waals surface area contributed by atoms with E-state index in [-0.39, 0.29) is 12.0 Å². The molecule has 0 radical (unpaired) electrons. The van der Waals surface area contributed by atoms with Crippen molar-refractivity contribution in [2.75, 3.05) is 26.7 Å². The lowest BCUT2D eigenvalue weighted by Gasteiger charge is -2.34. The summed E-state index contributed by atoms with van der Waals surface area (Å²) in [5.74, 6) is 1.03. The molecule has 1 amide bonds. The predicted octanol–water partition coefficient (Wildman–Crippen LogP) is 1.09. The van der Waals surface area contributed by atoms with Crippen LogP contribution in [0.25, 0.3) is 0 Å². The summed E-state index contributed by atoms with van der Waals surface area (Å²) in [4.78, 5) is 16.2. The molecule has 1 heterocycles. The van der Waals surface area contributed by atoms with Gasteiger partial charge in [-0.2, -0.15) is 0 Å². The molecule has 1 saturated carbocycles. The van der Waals surface area contributed by atoms with Crippen LogP contribution in [0.2, 0.25) is 0 Å². The van der Waals surface area contributed by atoms with Gasteiger partial charge < -0.3 is 10.0 Å². The van der Waals surface area contributed by atoms with E-state index in [4.69, 9.17) is 0 Å². The Hall–Kier alpha value is -0.610. The Labute approximate surface area is 110 Å². The lowest BCUT2D eigenvalue weighted by molar-refractivity contribution is -0.133. The number of likely N-dealkylation sites (tertiary alicyclic amines) is 1. The van der Waals surface area contributed by atoms with Crippen molar-refractivity contribution in [2.24, 2.45) is 5.92 Å². The highest BCUT2D eigenvalue weighted by Crippen LogP contribution is 2.26. The number of likely N-dealkylation sites (N-methyl/N-ethyl adjacent to an activating group) is 1. The summed E-state index contributed by atoms with van der Waals surface area (Å²) in [6.45, 7) is 4.27. The molecule has 2 aliphatic rings. The van der Waals surface area contributed by atoms with Crippen LogP contribution >= 0.6 is 0 Å². The van der Waals surface area contributed by atoms with Gasteiger partial charge in [0.15, 0.2) is 0 Å². The number of aliphatic hydroxyl groups excluding tert-OH is 1. The zero-order valence-electron chi connectivity index (χ0n) is 11.6. The van der Waals surface area contributed by atoms with Crippen LogP contribution in [0.3, 0.4) is 0 Å². The van der Waals surface area contributed by atoms with E-state index in [0.717, 1.165) is 31.7 Å². The molecule has 1 aliphatic carbocycles. The minimum atomic E-state index is -0.237. The highest BCUT2D eigenvalue weighted by atomic mass is 16.3. The van der Waals surface area contributed by atoms with Crippen LogP contribution in [0.5, 0.6) is 0 Å². The van der Waals surface area contributed by atoms with Crippen LogP contribution in [0.15, 0.2) is 0 Å². The first-order valence-corrected chi connectivity index (χ1v) is 7.22. The van der Waals surface area contributed by atoms with E-state index < -0.39 is 0 Å². The van der Waals surface area contributed by atoms with E-state index in [2.05, 4.69) is 11.8 Å². The Morgan fingerprint density at radius 1 is 1.28 bits per heavy atom. The van der Waals surface area contributed by atoms with Gasteiger partial charge in [-0.3, -0.25) is 9.69 Å². The van der Waals surface area contributed by atoms with Crippen molar-refractivity contribution in [3.63, 3.8) is 0 Å². The van der Waals surface area contributed by atoms with Crippen molar-refractivity contribution in [3.05, 3.63) is 0 Å². The number of nitrogens with zero attached hydrogens (tertiary/aromatic N) is 2. The van der Waals surface area contributed by atoms with E-state index in [9.17, 15) is 9.90 Å². The highest BCUT2D eigenvalue weighted by Gasteiger charge is 2.27. The third kappa shape index (κ3) is 3.45. The largest absolute Gasteiger partial charge is 0.392 e. The van der Waals surface area contributed by atoms with Crippen LogP contribution in [-0.2, 0) is 4.79 Å². The summed E-state index contributed by atoms with van der Waals surface area (Å²) >= 11 is 0. The van der Waals surface area contributed by atoms with Crippen LogP contribution in [-0.4, -0.2) is 59.6 Å². The van der Waals surface area contributed by atoms with Gasteiger partial charge in [-0.25, -0.2) is 0 Å². The van der Waals surface area contributed by atoms with Gasteiger partial charge in [-0.15, -0.1) is 0 Å². The molecular formula is C14H26N2O2. The molecule has 0 unspecified atom stereocenters. The van der Waals surface area contributed by atoms with E-state index in [0.29, 0.717) is 19.1 Å². The zero-order valence-corrected chi connectivity index (χ0v) is 11.6. The van der Waals surface area contributed by atoms with Gasteiger partial charge >= 0.3 is 0 Å². The molecule has 4 heteroatoms. The minimum Gasteiger partial charge on any atom is -0.392 e. The average Bonchev–Trinajstić information content (AvgIpc) is 2.75. The normalized spacial score (nSPS) is 33.6. The summed E-state index contributed by atoms with van der Waals surface area (Å²) in [6, 6.07) is 0.432. The van der Waals surface area contributed by atoms with Crippen molar-refractivity contribution in [1.82, 2.24) is 9.80 Å². The lowest BCUT2D eigenvalue weighted by atomic mass is 9.87. The first-order chi connectivity index (χ1) is 8.56. The molecule has 18 heavy (non-hydrogen) atoms. The quantitative estimate of drug-likeness (QED) is 0.820. The second-order valence-corrected chi connectivity index (χ2v) is 6.10. The summed E-state index contributed by atoms with van der Waals surface area (Å²) in [6.07, 6.45) is 5.34. The van der Waals surface area contributed by atoms with Crippen LogP contribution < -0.4 is 0 Å². The number of β-amino-alcohol motifs (C(OH)–C–C–N with tert-alkyl or cyclic N) is 1. The van der Waals surface area contributed by atoms with Gasteiger partial charge in [0.05, 0.1) is 12.6 Å². The molecule has 1 atom stereocenters. The first-order valence-electron chi connectivity index (χ1n) is 7.22. The Bertz CT molecular complexity index is 288. The van der Waals surface area contributed by atoms with Crippen molar-refractivity contribution < 1.29 is 9.90 Å². The van der Waals surface area contributed by atoms with Crippen LogP contribution in [0, 0.1) is 5.92 Å². The minimum absolute atomic E-state index is 0.212. The second-order valence-electron chi connectivity index (χ2n) is 6.10. The topological polar surface area (TPSA) is 43.8 Å². The molecule has 1 saturated heterocycles. The predicted molar refractivity (Wildman–Crippen MR) is 71.3 cm³/mol. The van der Waals surface area contributed by atoms with Crippen molar-refractivity contribution >= 4 is 5.91 Å². The maximum atomic E-state index is 12.2. The fourth-order valence-corrected chi connectivity index (χ4v) is 3.09. The number of aliphatic hydroxyl groups is 1. The number of carbonyl (C=O) groups excluding carboxylic acids is 1. The summed E-state index contributed by atoms with van der Waals surface area (Å²) in [5, 5.41) is 9.46. The second kappa shape index (κ2) is 6.02. The smallest absolute Gasteiger partial charge is 0.236 e. The van der Waals surface area contributed by atoms with Gasteiger partial charge in [0, 0.05) is 26.2 Å². The summed E-state index contributed by atoms with van der Waals surface area (Å²) in [5.41, 5.74) is 0. The van der Waals surface area contributed by atoms with Crippen molar-refractivity contribution in [3.8, 4) is 0 Å². The first kappa shape index (κ1) is 13.8. The lowest BCUT2D eigenvalue weighted by Crippen LogP contribution is -2.44. The van der Waals surface area contributed by atoms with Crippen molar-refractivity contribution in [2.45, 2.75) is 51.2 Å². The Morgan fingerprint density at radius 3 is 2.50 bits per heavy atom. The molecule has 0 aromatic carbocycles. The third-order valence-electron chi connectivity index (χ3n) is 4.53. The molecule has 4 nitrogen and oxygen atoms in total. The molecule has 0 aromatic rings. The standard InChI is InChI=1S/C14H26N2O2/c1-11-3-5-12(6-4-11)15(2)14(18)10-16-8-7-13(17)9-16/h11-13,17H,3-10H2,1-2H3/t11?,12?,13-/m1/s1. The molecule has 0 aromatic heterocycles. The van der Waals surface area contributed by atoms with E-state index >= 15 is 0 Å². The van der Waals surface area contributed by atoms with Gasteiger partial charge in [0.25, 0.3) is 0 Å². The fraction of sp³-hybridized carbons (Fsp3) is 0.929. The maximum absolute atomic E-state index is 12.2. The van der Waals surface area contributed by atoms with E-state index in [1.54, 1.807) is 0 Å². The van der Waals surface area contributed by atoms with Crippen LogP contribution in [0.1, 0.15) is 39.0 Å². The molecule has 0 bridgehead atoms. The average molecular weight is 254 g/mol. The molecule has 1 aliphatic heterocycles. The molecule has 104 valence electrons. The van der Waals surface area contributed by atoms with Gasteiger partial charge in [0.1, 0.15) is 0 Å². The number of rotatable bonds is 3. The molecular weight excluding hydrogens is 228 g/mol. The molecule has 1 N–H and O–H groups in total. The van der Waals surface area contributed by atoms with Gasteiger partial charge in [-0.05, 0) is 38.0 Å². The van der Waals surface area contributed by atoms with Gasteiger partial charge in [-0.1, -0.05) is 6.92 Å². The zero-order chi connectivity index (χ0) is 13.1. The summed E-state index contributed by atoms with van der Waals surface area (Å²) in [7, 11) is 1.94. The Morgan fingerprint density at radius 2 is 1.94 bits per heavy atom. The summed E-state index contributed by atoms with van der Waals surface area (Å²) < 4.78 is 0. The fourth-order valence-electron chi connectivity index (χ4n) is 3.09. The Balaban J connectivity index is 1.77. The van der Waals surface area contributed by atoms with Crippen molar-refractivity contribution in [1.29, 1.82) is 0 Å². The molecule has 2 rings (SSSR count). The number of amides is 1. The molecule has 0 spiro atoms. The SMILES string of the molecule is CC1CCC(N(C)C(=O)CN2CC[C@@H](O)C2)CC1.